The first kappa shape index (κ1) is 16.8. The highest BCUT2D eigenvalue weighted by molar-refractivity contribution is 4.93. The Bertz CT molecular complexity index is 281. The van der Waals surface area contributed by atoms with Gasteiger partial charge in [0, 0.05) is 25.2 Å². The van der Waals surface area contributed by atoms with Crippen molar-refractivity contribution in [3.8, 4) is 0 Å². The molecule has 1 N–H and O–H groups in total. The van der Waals surface area contributed by atoms with E-state index in [1.165, 1.54) is 0 Å². The summed E-state index contributed by atoms with van der Waals surface area (Å²) in [6.07, 6.45) is -3.20. The number of hydrogen-bond acceptors (Lipinski definition) is 2. The molecule has 2 unspecified atom stereocenters. The number of hydrogen-bond donors (Lipinski definition) is 1. The van der Waals surface area contributed by atoms with Gasteiger partial charge in [0.05, 0.1) is 6.54 Å². The Hall–Kier alpha value is -0.290. The molecule has 1 aliphatic rings. The Morgan fingerprint density at radius 3 is 2.21 bits per heavy atom. The van der Waals surface area contributed by atoms with E-state index >= 15 is 0 Å². The Morgan fingerprint density at radius 2 is 1.79 bits per heavy atom. The van der Waals surface area contributed by atoms with Crippen molar-refractivity contribution < 1.29 is 13.2 Å². The molecule has 0 aromatic heterocycles. The molecule has 0 spiro atoms. The van der Waals surface area contributed by atoms with Gasteiger partial charge in [-0.25, -0.2) is 0 Å². The number of nitrogens with zero attached hydrogens (tertiary/aromatic N) is 1. The second kappa shape index (κ2) is 6.00. The van der Waals surface area contributed by atoms with Crippen LogP contribution in [0.4, 0.5) is 13.2 Å². The lowest BCUT2D eigenvalue weighted by atomic mass is 9.83. The molecule has 0 saturated carbocycles. The molecule has 1 aliphatic heterocycles. The average molecular weight is 280 g/mol. The average Bonchev–Trinajstić information content (AvgIpc) is 2.11. The number of piperazine rings is 1. The van der Waals surface area contributed by atoms with Gasteiger partial charge in [-0.05, 0) is 17.8 Å². The van der Waals surface area contributed by atoms with E-state index in [1.54, 1.807) is 4.90 Å². The van der Waals surface area contributed by atoms with Gasteiger partial charge in [0.15, 0.2) is 0 Å². The molecule has 5 heteroatoms. The van der Waals surface area contributed by atoms with Crippen LogP contribution >= 0.6 is 0 Å². The monoisotopic (exact) mass is 280 g/mol. The van der Waals surface area contributed by atoms with Crippen molar-refractivity contribution in [3.05, 3.63) is 0 Å². The van der Waals surface area contributed by atoms with Gasteiger partial charge in [0.2, 0.25) is 0 Å². The van der Waals surface area contributed by atoms with Crippen molar-refractivity contribution in [3.63, 3.8) is 0 Å². The van der Waals surface area contributed by atoms with Crippen molar-refractivity contribution in [2.45, 2.75) is 59.3 Å². The maximum atomic E-state index is 12.7. The van der Waals surface area contributed by atoms with Gasteiger partial charge in [-0.2, -0.15) is 13.2 Å². The Morgan fingerprint density at radius 1 is 1.21 bits per heavy atom. The van der Waals surface area contributed by atoms with E-state index in [0.717, 1.165) is 6.42 Å². The van der Waals surface area contributed by atoms with Crippen molar-refractivity contribution in [1.29, 1.82) is 0 Å². The van der Waals surface area contributed by atoms with Crippen LogP contribution in [0.5, 0.6) is 0 Å². The maximum Gasteiger partial charge on any atom is 0.401 e. The van der Waals surface area contributed by atoms with Crippen LogP contribution in [-0.4, -0.2) is 42.8 Å². The molecule has 0 aromatic rings. The second-order valence-corrected chi connectivity index (χ2v) is 7.16. The van der Waals surface area contributed by atoms with Gasteiger partial charge < -0.3 is 5.32 Å². The summed E-state index contributed by atoms with van der Waals surface area (Å²) in [7, 11) is 0. The summed E-state index contributed by atoms with van der Waals surface area (Å²) in [5.74, 6) is 0.497. The second-order valence-electron chi connectivity index (χ2n) is 7.16. The van der Waals surface area contributed by atoms with E-state index in [4.69, 9.17) is 0 Å². The SMILES string of the molecule is CC(C)CC1CN(CC(F)(F)F)C(C(C)(C)C)CN1. The molecular formula is C14H27F3N2. The molecule has 0 aliphatic carbocycles. The van der Waals surface area contributed by atoms with Crippen LogP contribution in [0.3, 0.4) is 0 Å². The molecule has 1 heterocycles. The highest BCUT2D eigenvalue weighted by Crippen LogP contribution is 2.30. The van der Waals surface area contributed by atoms with Crippen molar-refractivity contribution in [2.24, 2.45) is 11.3 Å². The van der Waals surface area contributed by atoms with Crippen LogP contribution in [0.2, 0.25) is 0 Å². The molecule has 1 fully saturated rings. The Kier molecular flexibility index (Phi) is 5.29. The summed E-state index contributed by atoms with van der Waals surface area (Å²) in [4.78, 5) is 1.61. The molecule has 0 bridgehead atoms. The van der Waals surface area contributed by atoms with Gasteiger partial charge >= 0.3 is 6.18 Å². The van der Waals surface area contributed by atoms with Crippen LogP contribution in [0.1, 0.15) is 41.0 Å². The molecule has 1 rings (SSSR count). The fourth-order valence-corrected chi connectivity index (χ4v) is 2.87. The molecule has 0 amide bonds. The summed E-state index contributed by atoms with van der Waals surface area (Å²) in [5, 5.41) is 3.41. The minimum Gasteiger partial charge on any atom is -0.311 e. The highest BCUT2D eigenvalue weighted by Gasteiger charge is 2.41. The molecule has 114 valence electrons. The van der Waals surface area contributed by atoms with E-state index in [2.05, 4.69) is 19.2 Å². The standard InChI is InChI=1S/C14H27F3N2/c1-10(2)6-11-8-19(9-14(15,16)17)12(7-18-11)13(3,4)5/h10-12,18H,6-9H2,1-5H3. The quantitative estimate of drug-likeness (QED) is 0.853. The predicted molar refractivity (Wildman–Crippen MR) is 72.1 cm³/mol. The lowest BCUT2D eigenvalue weighted by molar-refractivity contribution is -0.159. The largest absolute Gasteiger partial charge is 0.401 e. The summed E-state index contributed by atoms with van der Waals surface area (Å²) >= 11 is 0. The third-order valence-electron chi connectivity index (χ3n) is 3.63. The minimum atomic E-state index is -4.12. The fraction of sp³-hybridized carbons (Fsp3) is 1.00. The van der Waals surface area contributed by atoms with E-state index in [9.17, 15) is 13.2 Å². The van der Waals surface area contributed by atoms with E-state index in [0.29, 0.717) is 19.0 Å². The van der Waals surface area contributed by atoms with E-state index in [1.807, 2.05) is 20.8 Å². The number of rotatable bonds is 3. The minimum absolute atomic E-state index is 0.0717. The van der Waals surface area contributed by atoms with Gasteiger partial charge in [-0.3, -0.25) is 4.90 Å². The van der Waals surface area contributed by atoms with E-state index < -0.39 is 12.7 Å². The first-order chi connectivity index (χ1) is 8.49. The molecule has 2 nitrogen and oxygen atoms in total. The molecule has 0 aromatic carbocycles. The zero-order valence-corrected chi connectivity index (χ0v) is 12.6. The molecular weight excluding hydrogens is 253 g/mol. The van der Waals surface area contributed by atoms with Crippen LogP contribution in [0.15, 0.2) is 0 Å². The van der Waals surface area contributed by atoms with Crippen molar-refractivity contribution in [1.82, 2.24) is 10.2 Å². The van der Waals surface area contributed by atoms with Gasteiger partial charge in [-0.15, -0.1) is 0 Å². The topological polar surface area (TPSA) is 15.3 Å². The maximum absolute atomic E-state index is 12.7. The number of nitrogens with one attached hydrogen (secondary N) is 1. The first-order valence-electron chi connectivity index (χ1n) is 7.03. The lowest BCUT2D eigenvalue weighted by Gasteiger charge is -2.47. The number of alkyl halides is 3. The predicted octanol–water partition coefficient (Wildman–Crippen LogP) is 3.28. The summed E-state index contributed by atoms with van der Waals surface area (Å²) in [6, 6.07) is 0.0958. The van der Waals surface area contributed by atoms with Crippen LogP contribution < -0.4 is 5.32 Å². The zero-order chi connectivity index (χ0) is 14.8. The van der Waals surface area contributed by atoms with Crippen LogP contribution in [0.25, 0.3) is 0 Å². The van der Waals surface area contributed by atoms with Gasteiger partial charge in [-0.1, -0.05) is 34.6 Å². The van der Waals surface area contributed by atoms with Crippen LogP contribution in [-0.2, 0) is 0 Å². The summed E-state index contributed by atoms with van der Waals surface area (Å²) < 4.78 is 38.2. The smallest absolute Gasteiger partial charge is 0.311 e. The third kappa shape index (κ3) is 5.69. The highest BCUT2D eigenvalue weighted by atomic mass is 19.4. The zero-order valence-electron chi connectivity index (χ0n) is 12.6. The fourth-order valence-electron chi connectivity index (χ4n) is 2.87. The lowest BCUT2D eigenvalue weighted by Crippen LogP contribution is -2.62. The first-order valence-corrected chi connectivity index (χ1v) is 7.03. The van der Waals surface area contributed by atoms with Crippen molar-refractivity contribution >= 4 is 0 Å². The molecule has 2 atom stereocenters. The normalized spacial score (nSPS) is 27.0. The van der Waals surface area contributed by atoms with Crippen LogP contribution in [0, 0.1) is 11.3 Å². The number of halogens is 3. The van der Waals surface area contributed by atoms with Gasteiger partial charge in [0.1, 0.15) is 0 Å². The summed E-state index contributed by atoms with van der Waals surface area (Å²) in [5.41, 5.74) is -0.152. The Labute approximate surface area is 114 Å². The Balaban J connectivity index is 2.75. The molecule has 19 heavy (non-hydrogen) atoms. The summed E-state index contributed by atoms with van der Waals surface area (Å²) in [6.45, 7) is 10.5. The molecule has 0 radical (unpaired) electrons. The molecule has 1 saturated heterocycles. The van der Waals surface area contributed by atoms with E-state index in [-0.39, 0.29) is 17.5 Å². The third-order valence-corrected chi connectivity index (χ3v) is 3.63. The van der Waals surface area contributed by atoms with Gasteiger partial charge in [0.25, 0.3) is 0 Å². The van der Waals surface area contributed by atoms with Crippen molar-refractivity contribution in [2.75, 3.05) is 19.6 Å².